The van der Waals surface area contributed by atoms with Crippen LogP contribution in [0.4, 0.5) is 9.18 Å². The van der Waals surface area contributed by atoms with E-state index in [9.17, 15) is 14.4 Å². The second kappa shape index (κ2) is 20.9. The number of H-pyrrole nitrogens is 2. The number of halogens is 1. The van der Waals surface area contributed by atoms with Crippen LogP contribution in [0.25, 0.3) is 44.7 Å². The lowest BCUT2D eigenvalue weighted by Gasteiger charge is -2.31. The number of carbonyl (C=O) groups is 3. The zero-order valence-electron chi connectivity index (χ0n) is 41.8. The van der Waals surface area contributed by atoms with Crippen molar-refractivity contribution in [1.82, 2.24) is 39.6 Å². The van der Waals surface area contributed by atoms with E-state index in [2.05, 4.69) is 21.4 Å². The van der Waals surface area contributed by atoms with E-state index in [-0.39, 0.29) is 35.7 Å². The number of benzene rings is 4. The zero-order valence-corrected chi connectivity index (χ0v) is 41.8. The van der Waals surface area contributed by atoms with Crippen LogP contribution < -0.4 is 20.5 Å². The standard InChI is InChI=1S/C56H62FN9O7/c1-32(2)49(58)53(67)64-20-10-16-44(64)51-59-29-41(61-51)35-18-19-43-38(24-35)27-46-48-40(57)26-37(42-30-60-52(62-42)45-17-11-21-65(45)54(68)50(33(3)4)63-56(69)70-5)28-47(48)73-55(66(43)46)36-14-9-15-39(25-36)72-23-22-71-31-34-12-7-6-8-13-34/h6-9,12-15,18-19,24-30,32-33,44-45,49-50,55H,10-11,16-17,20-23,31,58H2,1-5H3,(H,59,61)(H,60,62)(H,63,69)/t44-,45-,49-,50-,55?/m0/s1. The number of nitrogens with two attached hydrogens (primary N) is 1. The summed E-state index contributed by atoms with van der Waals surface area (Å²) >= 11 is 0. The first-order chi connectivity index (χ1) is 35.4. The van der Waals surface area contributed by atoms with Gasteiger partial charge in [-0.3, -0.25) is 9.59 Å². The van der Waals surface area contributed by atoms with Crippen LogP contribution in [0.1, 0.15) is 94.5 Å². The predicted octanol–water partition coefficient (Wildman–Crippen LogP) is 9.45. The van der Waals surface area contributed by atoms with Gasteiger partial charge in [0.1, 0.15) is 41.6 Å². The summed E-state index contributed by atoms with van der Waals surface area (Å²) < 4.78 is 42.9. The molecule has 0 radical (unpaired) electrons. The van der Waals surface area contributed by atoms with Crippen molar-refractivity contribution < 1.29 is 37.7 Å². The molecule has 0 bridgehead atoms. The molecule has 2 fully saturated rings. The van der Waals surface area contributed by atoms with Gasteiger partial charge in [0.25, 0.3) is 0 Å². The summed E-state index contributed by atoms with van der Waals surface area (Å²) in [6, 6.07) is 27.1. The van der Waals surface area contributed by atoms with E-state index in [1.165, 1.54) is 13.2 Å². The molecule has 10 rings (SSSR count). The first-order valence-corrected chi connectivity index (χ1v) is 25.2. The summed E-state index contributed by atoms with van der Waals surface area (Å²) in [5, 5.41) is 3.55. The third kappa shape index (κ3) is 9.90. The molecule has 2 saturated heterocycles. The Balaban J connectivity index is 0.967. The molecule has 0 saturated carbocycles. The van der Waals surface area contributed by atoms with Crippen LogP contribution in [0.2, 0.25) is 0 Å². The normalized spacial score (nSPS) is 18.2. The van der Waals surface area contributed by atoms with Gasteiger partial charge in [0.2, 0.25) is 18.0 Å². The molecular formula is C56H62FN9O7. The molecule has 5 atom stereocenters. The number of nitrogens with one attached hydrogen (secondary N) is 3. The third-order valence-electron chi connectivity index (χ3n) is 14.3. The summed E-state index contributed by atoms with van der Waals surface area (Å²) in [6.45, 7) is 9.98. The number of likely N-dealkylation sites (tertiary alicyclic amines) is 2. The highest BCUT2D eigenvalue weighted by atomic mass is 19.1. The Morgan fingerprint density at radius 2 is 1.51 bits per heavy atom. The van der Waals surface area contributed by atoms with Crippen molar-refractivity contribution in [2.75, 3.05) is 33.4 Å². The summed E-state index contributed by atoms with van der Waals surface area (Å²) in [5.74, 6) is 1.29. The van der Waals surface area contributed by atoms with E-state index in [1.807, 2.05) is 116 Å². The second-order valence-electron chi connectivity index (χ2n) is 19.8. The van der Waals surface area contributed by atoms with E-state index in [4.69, 9.17) is 34.6 Å². The van der Waals surface area contributed by atoms with Gasteiger partial charge >= 0.3 is 6.09 Å². The van der Waals surface area contributed by atoms with Crippen molar-refractivity contribution in [3.63, 3.8) is 0 Å². The zero-order chi connectivity index (χ0) is 50.9. The SMILES string of the molecule is COC(=O)N[C@H](C(=O)N1CCC[C@H]1c1ncc(-c2cc(F)c3c(c2)OC(c2cccc(OCCOCc4ccccc4)c2)n2c-3cc3cc(-c4cnc([C@@H]5CCCN5C(=O)[C@@H](N)C(C)C)[nH]4)ccc32)[nH]1)C(C)C. The molecule has 16 nitrogen and oxygen atoms in total. The quantitative estimate of drug-likeness (QED) is 0.0678. The van der Waals surface area contributed by atoms with Crippen molar-refractivity contribution in [2.45, 2.75) is 90.4 Å². The fourth-order valence-corrected chi connectivity index (χ4v) is 10.3. The van der Waals surface area contributed by atoms with Crippen LogP contribution in [0.3, 0.4) is 0 Å². The number of aromatic amines is 2. The summed E-state index contributed by atoms with van der Waals surface area (Å²) in [6.07, 6.45) is 5.10. The van der Waals surface area contributed by atoms with Gasteiger partial charge < -0.3 is 54.3 Å². The number of carbonyl (C=O) groups excluding carboxylic acids is 3. The number of rotatable bonds is 16. The minimum Gasteiger partial charge on any atom is -0.491 e. The van der Waals surface area contributed by atoms with Gasteiger partial charge in [-0.15, -0.1) is 0 Å². The van der Waals surface area contributed by atoms with E-state index >= 15 is 4.39 Å². The molecule has 3 aliphatic heterocycles. The Morgan fingerprint density at radius 1 is 0.808 bits per heavy atom. The van der Waals surface area contributed by atoms with E-state index in [0.29, 0.717) is 85.0 Å². The van der Waals surface area contributed by atoms with Crippen LogP contribution in [-0.4, -0.2) is 97.7 Å². The lowest BCUT2D eigenvalue weighted by atomic mass is 10.0. The first-order valence-electron chi connectivity index (χ1n) is 25.2. The average Bonchev–Trinajstić information content (AvgIpc) is 4.27. The number of ether oxygens (including phenoxy) is 4. The average molecular weight is 992 g/mol. The Hall–Kier alpha value is -7.50. The number of hydrogen-bond acceptors (Lipinski definition) is 10. The van der Waals surface area contributed by atoms with Gasteiger partial charge in [-0.25, -0.2) is 19.2 Å². The third-order valence-corrected chi connectivity index (χ3v) is 14.3. The van der Waals surface area contributed by atoms with Crippen LogP contribution in [0.5, 0.6) is 11.5 Å². The van der Waals surface area contributed by atoms with E-state index in [0.717, 1.165) is 52.5 Å². The molecular weight excluding hydrogens is 930 g/mol. The molecule has 3 aromatic heterocycles. The molecule has 0 aliphatic carbocycles. The van der Waals surface area contributed by atoms with Gasteiger partial charge in [0.15, 0.2) is 0 Å². The summed E-state index contributed by atoms with van der Waals surface area (Å²) in [7, 11) is 1.27. The molecule has 0 spiro atoms. The second-order valence-corrected chi connectivity index (χ2v) is 19.8. The number of hydrogen-bond donors (Lipinski definition) is 4. The molecule has 5 N–H and O–H groups in total. The van der Waals surface area contributed by atoms with Gasteiger partial charge in [-0.05, 0) is 85.5 Å². The highest BCUT2D eigenvalue weighted by Gasteiger charge is 2.39. The number of alkyl carbamates (subject to hydrolysis) is 1. The predicted molar refractivity (Wildman–Crippen MR) is 274 cm³/mol. The number of imidazole rings is 2. The highest BCUT2D eigenvalue weighted by molar-refractivity contribution is 5.93. The smallest absolute Gasteiger partial charge is 0.407 e. The molecule has 6 heterocycles. The summed E-state index contributed by atoms with van der Waals surface area (Å²) in [4.78, 5) is 59.4. The van der Waals surface area contributed by atoms with Crippen molar-refractivity contribution in [2.24, 2.45) is 17.6 Å². The number of nitrogens with zero attached hydrogens (tertiary/aromatic N) is 5. The van der Waals surface area contributed by atoms with Crippen molar-refractivity contribution in [3.05, 3.63) is 132 Å². The molecule has 3 amide bonds. The molecule has 1 unspecified atom stereocenters. The maximum Gasteiger partial charge on any atom is 0.407 e. The first kappa shape index (κ1) is 49.1. The van der Waals surface area contributed by atoms with Gasteiger partial charge in [0.05, 0.1) is 79.0 Å². The molecule has 3 aliphatic rings. The lowest BCUT2D eigenvalue weighted by Crippen LogP contribution is -2.51. The van der Waals surface area contributed by atoms with Crippen LogP contribution >= 0.6 is 0 Å². The fraction of sp³-hybridized carbons (Fsp3) is 0.375. The number of amides is 3. The number of aromatic nitrogens is 5. The number of fused-ring (bicyclic) bond motifs is 5. The molecule has 73 heavy (non-hydrogen) atoms. The Kier molecular flexibility index (Phi) is 14.1. The maximum atomic E-state index is 17.1. The van der Waals surface area contributed by atoms with Crippen LogP contribution in [-0.2, 0) is 25.7 Å². The van der Waals surface area contributed by atoms with E-state index < -0.39 is 30.2 Å². The van der Waals surface area contributed by atoms with Crippen molar-refractivity contribution in [3.8, 4) is 45.3 Å². The monoisotopic (exact) mass is 991 g/mol. The van der Waals surface area contributed by atoms with Crippen LogP contribution in [0.15, 0.2) is 103 Å². The molecule has 380 valence electrons. The Bertz CT molecular complexity index is 3130. The Labute approximate surface area is 423 Å². The molecule has 4 aromatic carbocycles. The lowest BCUT2D eigenvalue weighted by molar-refractivity contribution is -0.136. The minimum atomic E-state index is -0.783. The maximum absolute atomic E-state index is 17.1. The minimum absolute atomic E-state index is 0.0160. The highest BCUT2D eigenvalue weighted by Crippen LogP contribution is 2.48. The fourth-order valence-electron chi connectivity index (χ4n) is 10.3. The largest absolute Gasteiger partial charge is 0.491 e. The molecule has 7 aromatic rings. The molecule has 17 heteroatoms. The van der Waals surface area contributed by atoms with Crippen molar-refractivity contribution >= 4 is 28.8 Å². The van der Waals surface area contributed by atoms with Crippen LogP contribution in [0, 0.1) is 17.7 Å². The summed E-state index contributed by atoms with van der Waals surface area (Å²) in [5.41, 5.74) is 12.7. The van der Waals surface area contributed by atoms with E-state index in [1.54, 1.807) is 17.3 Å². The van der Waals surface area contributed by atoms with Crippen molar-refractivity contribution in [1.29, 1.82) is 0 Å². The van der Waals surface area contributed by atoms with Gasteiger partial charge in [-0.2, -0.15) is 0 Å². The van der Waals surface area contributed by atoms with Gasteiger partial charge in [-0.1, -0.05) is 76.2 Å². The van der Waals surface area contributed by atoms with Gasteiger partial charge in [0, 0.05) is 35.2 Å². The number of methoxy groups -OCH3 is 1. The topological polar surface area (TPSA) is 195 Å². The Morgan fingerprint density at radius 3 is 2.19 bits per heavy atom.